The lowest BCUT2D eigenvalue weighted by atomic mass is 10.0. The lowest BCUT2D eigenvalue weighted by Gasteiger charge is -2.19. The van der Waals surface area contributed by atoms with Crippen LogP contribution in [0.5, 0.6) is 0 Å². The van der Waals surface area contributed by atoms with Gasteiger partial charge in [-0.25, -0.2) is 4.57 Å². The molecule has 0 fully saturated rings. The van der Waals surface area contributed by atoms with E-state index >= 15 is 0 Å². The molecule has 3 N–H and O–H groups in total. The van der Waals surface area contributed by atoms with Gasteiger partial charge < -0.3 is 20.1 Å². The second-order valence-corrected chi connectivity index (χ2v) is 20.6. The largest absolute Gasteiger partial charge is 0.472 e. The number of carbonyl (C=O) groups is 2. The molecular formula is C54H108NO8P. The maximum Gasteiger partial charge on any atom is 0.472 e. The second kappa shape index (κ2) is 51.4. The van der Waals surface area contributed by atoms with Crippen molar-refractivity contribution in [2.45, 2.75) is 309 Å². The van der Waals surface area contributed by atoms with Gasteiger partial charge in [0.2, 0.25) is 0 Å². The van der Waals surface area contributed by atoms with Gasteiger partial charge in [0, 0.05) is 19.4 Å². The van der Waals surface area contributed by atoms with E-state index in [1.54, 1.807) is 0 Å². The molecule has 2 unspecified atom stereocenters. The van der Waals surface area contributed by atoms with Crippen LogP contribution in [0.1, 0.15) is 303 Å². The lowest BCUT2D eigenvalue weighted by molar-refractivity contribution is -0.161. The number of hydrogen-bond acceptors (Lipinski definition) is 8. The summed E-state index contributed by atoms with van der Waals surface area (Å²) in [4.78, 5) is 35.1. The average Bonchev–Trinajstić information content (AvgIpc) is 3.28. The fraction of sp³-hybridized carbons (Fsp3) is 0.963. The number of unbranched alkanes of at least 4 members (excludes halogenated alkanes) is 41. The van der Waals surface area contributed by atoms with Crippen molar-refractivity contribution >= 4 is 19.8 Å². The van der Waals surface area contributed by atoms with Crippen LogP contribution in [0.3, 0.4) is 0 Å². The highest BCUT2D eigenvalue weighted by molar-refractivity contribution is 7.47. The van der Waals surface area contributed by atoms with Gasteiger partial charge in [-0.3, -0.25) is 18.6 Å². The topological polar surface area (TPSA) is 134 Å². The number of phosphoric ester groups is 1. The average molecular weight is 930 g/mol. The van der Waals surface area contributed by atoms with Crippen LogP contribution in [-0.2, 0) is 32.7 Å². The van der Waals surface area contributed by atoms with E-state index in [0.29, 0.717) is 6.42 Å². The number of phosphoric acid groups is 1. The zero-order chi connectivity index (χ0) is 46.7. The summed E-state index contributed by atoms with van der Waals surface area (Å²) in [5, 5.41) is 0. The smallest absolute Gasteiger partial charge is 0.462 e. The zero-order valence-corrected chi connectivity index (χ0v) is 43.4. The van der Waals surface area contributed by atoms with Crippen molar-refractivity contribution in [3.63, 3.8) is 0 Å². The fourth-order valence-corrected chi connectivity index (χ4v) is 9.35. The van der Waals surface area contributed by atoms with Gasteiger partial charge >= 0.3 is 19.8 Å². The number of ether oxygens (including phenoxy) is 2. The second-order valence-electron chi connectivity index (χ2n) is 19.2. The Bertz CT molecular complexity index is 1020. The molecule has 0 saturated heterocycles. The third kappa shape index (κ3) is 50.4. The first-order valence-electron chi connectivity index (χ1n) is 28.0. The Morgan fingerprint density at radius 1 is 0.406 bits per heavy atom. The van der Waals surface area contributed by atoms with Crippen LogP contribution in [0.4, 0.5) is 0 Å². The van der Waals surface area contributed by atoms with Crippen LogP contribution in [-0.4, -0.2) is 49.3 Å². The number of carbonyl (C=O) groups excluding carboxylic acids is 2. The van der Waals surface area contributed by atoms with Crippen LogP contribution in [0.15, 0.2) is 0 Å². The van der Waals surface area contributed by atoms with E-state index < -0.39 is 26.5 Å². The molecule has 0 aliphatic rings. The van der Waals surface area contributed by atoms with Crippen molar-refractivity contribution in [2.24, 2.45) is 5.73 Å². The molecule has 0 bridgehead atoms. The fourth-order valence-electron chi connectivity index (χ4n) is 8.58. The molecule has 0 heterocycles. The van der Waals surface area contributed by atoms with Gasteiger partial charge in [0.15, 0.2) is 6.10 Å². The molecule has 64 heavy (non-hydrogen) atoms. The monoisotopic (exact) mass is 930 g/mol. The van der Waals surface area contributed by atoms with Gasteiger partial charge in [0.25, 0.3) is 0 Å². The van der Waals surface area contributed by atoms with Gasteiger partial charge in [-0.1, -0.05) is 277 Å². The van der Waals surface area contributed by atoms with Gasteiger partial charge in [-0.15, -0.1) is 0 Å². The summed E-state index contributed by atoms with van der Waals surface area (Å²) in [6, 6.07) is 0. The quantitative estimate of drug-likeness (QED) is 0.0347. The van der Waals surface area contributed by atoms with E-state index in [1.165, 1.54) is 238 Å². The lowest BCUT2D eigenvalue weighted by Crippen LogP contribution is -2.29. The van der Waals surface area contributed by atoms with Gasteiger partial charge in [0.1, 0.15) is 6.61 Å². The molecule has 0 amide bonds. The highest BCUT2D eigenvalue weighted by Gasteiger charge is 2.26. The minimum atomic E-state index is -4.38. The van der Waals surface area contributed by atoms with Crippen LogP contribution in [0.2, 0.25) is 0 Å². The summed E-state index contributed by atoms with van der Waals surface area (Å²) in [5.74, 6) is -0.805. The number of rotatable bonds is 54. The molecule has 0 aromatic rings. The summed E-state index contributed by atoms with van der Waals surface area (Å²) in [7, 11) is -4.38. The van der Waals surface area contributed by atoms with E-state index in [2.05, 4.69) is 13.8 Å². The Hall–Kier alpha value is -0.990. The minimum Gasteiger partial charge on any atom is -0.462 e. The van der Waals surface area contributed by atoms with E-state index in [-0.39, 0.29) is 38.6 Å². The molecule has 0 radical (unpaired) electrons. The first kappa shape index (κ1) is 63.0. The van der Waals surface area contributed by atoms with Crippen molar-refractivity contribution < 1.29 is 37.6 Å². The molecule has 0 spiro atoms. The predicted molar refractivity (Wildman–Crippen MR) is 271 cm³/mol. The molecule has 0 aromatic heterocycles. The van der Waals surface area contributed by atoms with Crippen molar-refractivity contribution in [1.82, 2.24) is 0 Å². The highest BCUT2D eigenvalue weighted by Crippen LogP contribution is 2.43. The summed E-state index contributed by atoms with van der Waals surface area (Å²) in [5.41, 5.74) is 5.37. The maximum absolute atomic E-state index is 12.7. The van der Waals surface area contributed by atoms with E-state index in [9.17, 15) is 19.0 Å². The standard InChI is InChI=1S/C54H108NO8P/c1-3-5-7-9-11-13-15-17-19-20-21-22-23-24-25-26-27-28-29-30-31-33-35-37-39-41-43-45-47-54(57)63-52(51-62-64(58,59)61-49-48-55)50-60-53(56)46-44-42-40-38-36-34-32-18-16-14-12-10-8-6-4-2/h52H,3-51,55H2,1-2H3,(H,58,59). The molecule has 0 saturated carbocycles. The number of hydrogen-bond donors (Lipinski definition) is 2. The van der Waals surface area contributed by atoms with Crippen LogP contribution < -0.4 is 5.73 Å². The van der Waals surface area contributed by atoms with Gasteiger partial charge in [-0.05, 0) is 12.8 Å². The Labute approximate surface area is 397 Å². The minimum absolute atomic E-state index is 0.0584. The maximum atomic E-state index is 12.7. The molecule has 9 nitrogen and oxygen atoms in total. The molecule has 382 valence electrons. The Balaban J connectivity index is 3.87. The third-order valence-corrected chi connectivity index (χ3v) is 13.7. The van der Waals surface area contributed by atoms with E-state index in [0.717, 1.165) is 32.1 Å². The van der Waals surface area contributed by atoms with Crippen molar-refractivity contribution in [1.29, 1.82) is 0 Å². The summed E-state index contributed by atoms with van der Waals surface area (Å²) in [6.45, 7) is 3.81. The highest BCUT2D eigenvalue weighted by atomic mass is 31.2. The third-order valence-electron chi connectivity index (χ3n) is 12.7. The number of nitrogens with two attached hydrogens (primary N) is 1. The van der Waals surface area contributed by atoms with E-state index in [4.69, 9.17) is 24.3 Å². The van der Waals surface area contributed by atoms with E-state index in [1.807, 2.05) is 0 Å². The van der Waals surface area contributed by atoms with Crippen molar-refractivity contribution in [3.05, 3.63) is 0 Å². The summed E-state index contributed by atoms with van der Waals surface area (Å²) >= 11 is 0. The van der Waals surface area contributed by atoms with Crippen LogP contribution in [0.25, 0.3) is 0 Å². The predicted octanol–water partition coefficient (Wildman–Crippen LogP) is 17.1. The molecule has 0 aromatic carbocycles. The first-order chi connectivity index (χ1) is 31.3. The van der Waals surface area contributed by atoms with Gasteiger partial charge in [0.05, 0.1) is 13.2 Å². The van der Waals surface area contributed by atoms with Crippen molar-refractivity contribution in [3.8, 4) is 0 Å². The first-order valence-corrected chi connectivity index (χ1v) is 29.5. The van der Waals surface area contributed by atoms with Crippen molar-refractivity contribution in [2.75, 3.05) is 26.4 Å². The summed E-state index contributed by atoms with van der Waals surface area (Å²) in [6.07, 6.45) is 55.9. The Kier molecular flexibility index (Phi) is 50.6. The normalized spacial score (nSPS) is 13.0. The molecular weight excluding hydrogens is 822 g/mol. The molecule has 2 atom stereocenters. The molecule has 10 heteroatoms. The number of esters is 2. The Morgan fingerprint density at radius 3 is 0.953 bits per heavy atom. The summed E-state index contributed by atoms with van der Waals surface area (Å²) < 4.78 is 33.0. The SMILES string of the molecule is CCCCCCCCCCCCCCCCCCCCCCCCCCCCCCC(=O)OC(COC(=O)CCCCCCCCCCCCCCCCC)COP(=O)(O)OCCN. The molecule has 0 rings (SSSR count). The van der Waals surface area contributed by atoms with Crippen LogP contribution in [0, 0.1) is 0 Å². The van der Waals surface area contributed by atoms with Crippen LogP contribution >= 0.6 is 7.82 Å². The zero-order valence-electron chi connectivity index (χ0n) is 42.6. The molecule has 0 aliphatic carbocycles. The Morgan fingerprint density at radius 2 is 0.672 bits per heavy atom. The molecule has 0 aliphatic heterocycles. The van der Waals surface area contributed by atoms with Gasteiger partial charge in [-0.2, -0.15) is 0 Å².